The Hall–Kier alpha value is -3.03. The number of carbonyl (C=O) groups is 3. The number of carbonyl (C=O) groups excluding carboxylic acids is 3. The van der Waals surface area contributed by atoms with Gasteiger partial charge < -0.3 is 10.8 Å². The molecule has 23 heavy (non-hydrogen) atoms. The Morgan fingerprint density at radius 3 is 1.91 bits per heavy atom. The summed E-state index contributed by atoms with van der Waals surface area (Å²) < 4.78 is 0. The number of fused-ring (bicyclic) bond motifs is 1. The fourth-order valence-electron chi connectivity index (χ4n) is 2.49. The summed E-state index contributed by atoms with van der Waals surface area (Å²) in [7, 11) is 0. The van der Waals surface area contributed by atoms with Gasteiger partial charge in [0, 0.05) is 22.4 Å². The Balaban J connectivity index is 2.01. The molecule has 0 aliphatic heterocycles. The van der Waals surface area contributed by atoms with E-state index in [-0.39, 0.29) is 21.7 Å². The summed E-state index contributed by atoms with van der Waals surface area (Å²) in [6.07, 6.45) is 0. The van der Waals surface area contributed by atoms with Gasteiger partial charge in [-0.1, -0.05) is 24.3 Å². The fraction of sp³-hybridized carbons (Fsp3) is 0.0625. The second-order valence-corrected chi connectivity index (χ2v) is 5.17. The van der Waals surface area contributed by atoms with Crippen LogP contribution >= 0.6 is 0 Å². The number of hydrazine groups is 1. The van der Waals surface area contributed by atoms with Crippen molar-refractivity contribution in [2.75, 3.05) is 5.73 Å². The van der Waals surface area contributed by atoms with Gasteiger partial charge in [-0.15, -0.1) is 0 Å². The molecule has 0 saturated heterocycles. The first-order valence-corrected chi connectivity index (χ1v) is 6.73. The molecule has 1 aliphatic rings. The molecule has 0 fully saturated rings. The molecule has 0 saturated carbocycles. The van der Waals surface area contributed by atoms with Gasteiger partial charge >= 0.3 is 0 Å². The van der Waals surface area contributed by atoms with Crippen molar-refractivity contribution in [3.05, 3.63) is 65.2 Å². The smallest absolute Gasteiger partial charge is 0.284 e. The molecule has 2 aromatic carbocycles. The molecular formula is C16H13N3O4. The second kappa shape index (κ2) is 5.01. The summed E-state index contributed by atoms with van der Waals surface area (Å²) in [5, 5.41) is 10.8. The van der Waals surface area contributed by atoms with E-state index in [0.717, 1.165) is 0 Å². The lowest BCUT2D eigenvalue weighted by atomic mass is 10.1. The molecule has 0 aromatic heterocycles. The minimum absolute atomic E-state index is 0.0283. The van der Waals surface area contributed by atoms with E-state index in [1.165, 1.54) is 36.4 Å². The maximum absolute atomic E-state index is 12.4. The van der Waals surface area contributed by atoms with Crippen LogP contribution in [0.2, 0.25) is 0 Å². The topological polar surface area (TPSA) is 127 Å². The average Bonchev–Trinajstić information content (AvgIpc) is 2.77. The van der Waals surface area contributed by atoms with E-state index in [9.17, 15) is 19.5 Å². The Morgan fingerprint density at radius 1 is 0.957 bits per heavy atom. The molecule has 116 valence electrons. The highest BCUT2D eigenvalue weighted by molar-refractivity contribution is 6.32. The lowest BCUT2D eigenvalue weighted by Gasteiger charge is -2.29. The third kappa shape index (κ3) is 2.02. The molecule has 1 aliphatic carbocycles. The number of nitrogens with two attached hydrogens (primary N) is 2. The van der Waals surface area contributed by atoms with Gasteiger partial charge in [0.2, 0.25) is 11.6 Å². The number of rotatable bonds is 2. The first-order chi connectivity index (χ1) is 10.9. The normalized spacial score (nSPS) is 15.4. The number of Topliss-reactive ketones (excluding diaryl/α,β-unsaturated/α-hetero) is 2. The molecule has 0 radical (unpaired) electrons. The van der Waals surface area contributed by atoms with Crippen LogP contribution in [0, 0.1) is 0 Å². The van der Waals surface area contributed by atoms with Crippen LogP contribution in [-0.2, 0) is 0 Å². The zero-order valence-corrected chi connectivity index (χ0v) is 11.9. The first-order valence-electron chi connectivity index (χ1n) is 6.73. The van der Waals surface area contributed by atoms with Crippen LogP contribution in [0.25, 0.3) is 0 Å². The van der Waals surface area contributed by atoms with Gasteiger partial charge in [-0.3, -0.25) is 14.4 Å². The molecule has 0 unspecified atom stereocenters. The third-order valence-electron chi connectivity index (χ3n) is 3.77. The Labute approximate surface area is 131 Å². The van der Waals surface area contributed by atoms with Crippen molar-refractivity contribution >= 4 is 23.2 Å². The van der Waals surface area contributed by atoms with Crippen molar-refractivity contribution in [1.29, 1.82) is 0 Å². The Bertz CT molecular complexity index is 794. The second-order valence-electron chi connectivity index (χ2n) is 5.17. The van der Waals surface area contributed by atoms with Crippen LogP contribution in [0.4, 0.5) is 5.69 Å². The van der Waals surface area contributed by atoms with E-state index in [2.05, 4.69) is 0 Å². The minimum Gasteiger partial charge on any atom is -0.399 e. The molecular weight excluding hydrogens is 298 g/mol. The Kier molecular flexibility index (Phi) is 3.24. The van der Waals surface area contributed by atoms with Crippen LogP contribution < -0.4 is 11.6 Å². The van der Waals surface area contributed by atoms with Gasteiger partial charge in [0.15, 0.2) is 0 Å². The highest BCUT2D eigenvalue weighted by atomic mass is 16.3. The van der Waals surface area contributed by atoms with E-state index in [0.29, 0.717) is 5.69 Å². The largest absolute Gasteiger partial charge is 0.399 e. The Morgan fingerprint density at radius 2 is 1.43 bits per heavy atom. The number of nitrogen functional groups attached to an aromatic ring is 1. The molecule has 0 atom stereocenters. The standard InChI is InChI=1S/C16H13N3O4/c17-10-7-5-9(6-8-10)15(22)19(18)16(23)13(20)11-3-1-2-4-12(11)14(16)21/h1-8,23H,17-18H2. The van der Waals surface area contributed by atoms with E-state index < -0.39 is 23.2 Å². The number of amides is 1. The van der Waals surface area contributed by atoms with Crippen LogP contribution in [0.1, 0.15) is 31.1 Å². The van der Waals surface area contributed by atoms with E-state index in [1.807, 2.05) is 0 Å². The molecule has 5 N–H and O–H groups in total. The number of aliphatic hydroxyl groups is 1. The van der Waals surface area contributed by atoms with Crippen molar-refractivity contribution in [3.63, 3.8) is 0 Å². The predicted molar refractivity (Wildman–Crippen MR) is 81.3 cm³/mol. The summed E-state index contributed by atoms with van der Waals surface area (Å²) in [4.78, 5) is 37.2. The van der Waals surface area contributed by atoms with Crippen molar-refractivity contribution in [1.82, 2.24) is 5.01 Å². The molecule has 7 heteroatoms. The lowest BCUT2D eigenvalue weighted by Crippen LogP contribution is -2.62. The number of nitrogens with zero attached hydrogens (tertiary/aromatic N) is 1. The first kappa shape index (κ1) is 14.9. The van der Waals surface area contributed by atoms with Crippen molar-refractivity contribution in [2.24, 2.45) is 5.84 Å². The number of hydrogen-bond donors (Lipinski definition) is 3. The van der Waals surface area contributed by atoms with Crippen LogP contribution in [0.3, 0.4) is 0 Å². The molecule has 7 nitrogen and oxygen atoms in total. The van der Waals surface area contributed by atoms with Crippen molar-refractivity contribution < 1.29 is 19.5 Å². The fourth-order valence-corrected chi connectivity index (χ4v) is 2.49. The summed E-state index contributed by atoms with van der Waals surface area (Å²) in [5.74, 6) is 2.92. The average molecular weight is 311 g/mol. The summed E-state index contributed by atoms with van der Waals surface area (Å²) >= 11 is 0. The molecule has 0 bridgehead atoms. The van der Waals surface area contributed by atoms with Crippen molar-refractivity contribution in [3.8, 4) is 0 Å². The zero-order chi connectivity index (χ0) is 16.8. The van der Waals surface area contributed by atoms with Gasteiger partial charge in [-0.25, -0.2) is 10.9 Å². The number of ketones is 2. The molecule has 0 spiro atoms. The van der Waals surface area contributed by atoms with Gasteiger partial charge in [0.1, 0.15) is 0 Å². The molecule has 0 heterocycles. The molecule has 2 aromatic rings. The maximum Gasteiger partial charge on any atom is 0.284 e. The monoisotopic (exact) mass is 311 g/mol. The van der Waals surface area contributed by atoms with Crippen LogP contribution in [0.5, 0.6) is 0 Å². The van der Waals surface area contributed by atoms with E-state index in [1.54, 1.807) is 12.1 Å². The zero-order valence-electron chi connectivity index (χ0n) is 11.9. The van der Waals surface area contributed by atoms with E-state index in [4.69, 9.17) is 11.6 Å². The molecule has 1 amide bonds. The SMILES string of the molecule is Nc1ccc(C(=O)N(N)C2(O)C(=O)c3ccccc3C2=O)cc1. The highest BCUT2D eigenvalue weighted by Crippen LogP contribution is 2.32. The highest BCUT2D eigenvalue weighted by Gasteiger charge is 2.57. The van der Waals surface area contributed by atoms with Gasteiger partial charge in [-0.05, 0) is 24.3 Å². The van der Waals surface area contributed by atoms with Gasteiger partial charge in [0.25, 0.3) is 11.6 Å². The van der Waals surface area contributed by atoms with E-state index >= 15 is 0 Å². The van der Waals surface area contributed by atoms with Crippen LogP contribution in [0.15, 0.2) is 48.5 Å². The van der Waals surface area contributed by atoms with Gasteiger partial charge in [0.05, 0.1) is 0 Å². The third-order valence-corrected chi connectivity index (χ3v) is 3.77. The summed E-state index contributed by atoms with van der Waals surface area (Å²) in [6.45, 7) is 0. The minimum atomic E-state index is -2.75. The van der Waals surface area contributed by atoms with Crippen molar-refractivity contribution in [2.45, 2.75) is 5.72 Å². The quantitative estimate of drug-likeness (QED) is 0.183. The van der Waals surface area contributed by atoms with Gasteiger partial charge in [-0.2, -0.15) is 0 Å². The maximum atomic E-state index is 12.4. The summed E-state index contributed by atoms with van der Waals surface area (Å²) in [6, 6.07) is 11.6. The lowest BCUT2D eigenvalue weighted by molar-refractivity contribution is -0.0389. The van der Waals surface area contributed by atoms with Crippen LogP contribution in [-0.4, -0.2) is 33.3 Å². The molecule has 3 rings (SSSR count). The predicted octanol–water partition coefficient (Wildman–Crippen LogP) is 0.352. The number of benzene rings is 2. The summed E-state index contributed by atoms with van der Waals surface area (Å²) in [5.41, 5.74) is 3.37. The number of hydrogen-bond acceptors (Lipinski definition) is 6. The number of anilines is 1.